The number of nitrogens with two attached hydrogens (primary N) is 1. The van der Waals surface area contributed by atoms with Gasteiger partial charge in [-0.15, -0.1) is 0 Å². The standard InChI is InChI=1S/C25H25N5O/c1-17-12-19(14-26)6-8-23(17)20-4-3-5-22(13-20)30-11-10-29(16-18(30)2)24-9-7-21(15-28-24)25(27)31/h3-9,12-13,15,18H,10-11,16H2,1-2H3,(H2,27,31)/t18-/m0/s1. The maximum atomic E-state index is 11.3. The van der Waals surface area contributed by atoms with Crippen molar-refractivity contribution in [2.75, 3.05) is 29.4 Å². The van der Waals surface area contributed by atoms with Gasteiger partial charge in [0.25, 0.3) is 0 Å². The molecule has 1 saturated heterocycles. The summed E-state index contributed by atoms with van der Waals surface area (Å²) in [6.07, 6.45) is 1.54. The lowest BCUT2D eigenvalue weighted by Crippen LogP contribution is -2.52. The quantitative estimate of drug-likeness (QED) is 0.707. The molecule has 31 heavy (non-hydrogen) atoms. The van der Waals surface area contributed by atoms with Crippen LogP contribution in [0.4, 0.5) is 11.5 Å². The molecule has 1 aliphatic rings. The number of benzene rings is 2. The third-order valence-corrected chi connectivity index (χ3v) is 5.83. The summed E-state index contributed by atoms with van der Waals surface area (Å²) in [4.78, 5) is 20.3. The Morgan fingerprint density at radius 3 is 2.65 bits per heavy atom. The number of pyridine rings is 1. The van der Waals surface area contributed by atoms with Crippen molar-refractivity contribution < 1.29 is 4.79 Å². The third kappa shape index (κ3) is 4.22. The molecule has 2 N–H and O–H groups in total. The highest BCUT2D eigenvalue weighted by Crippen LogP contribution is 2.30. The Morgan fingerprint density at radius 2 is 2.00 bits per heavy atom. The lowest BCUT2D eigenvalue weighted by Gasteiger charge is -2.42. The lowest BCUT2D eigenvalue weighted by molar-refractivity contribution is 0.1000. The SMILES string of the molecule is Cc1cc(C#N)ccc1-c1cccc(N2CCN(c3ccc(C(N)=O)cn3)C[C@@H]2C)c1. The molecule has 3 aromatic rings. The number of nitrogens with zero attached hydrogens (tertiary/aromatic N) is 4. The Bertz CT molecular complexity index is 1150. The first-order valence-electron chi connectivity index (χ1n) is 10.3. The van der Waals surface area contributed by atoms with E-state index in [2.05, 4.69) is 52.0 Å². The zero-order chi connectivity index (χ0) is 22.0. The minimum atomic E-state index is -0.463. The van der Waals surface area contributed by atoms with Gasteiger partial charge in [-0.05, 0) is 66.9 Å². The molecule has 1 atom stereocenters. The number of rotatable bonds is 4. The fourth-order valence-electron chi connectivity index (χ4n) is 4.18. The zero-order valence-electron chi connectivity index (χ0n) is 17.7. The van der Waals surface area contributed by atoms with Crippen LogP contribution >= 0.6 is 0 Å². The highest BCUT2D eigenvalue weighted by atomic mass is 16.1. The molecule has 0 aliphatic carbocycles. The van der Waals surface area contributed by atoms with Gasteiger partial charge in [0, 0.05) is 37.6 Å². The van der Waals surface area contributed by atoms with Gasteiger partial charge >= 0.3 is 0 Å². The minimum Gasteiger partial charge on any atom is -0.366 e. The van der Waals surface area contributed by atoms with Crippen molar-refractivity contribution in [2.45, 2.75) is 19.9 Å². The van der Waals surface area contributed by atoms with Crippen LogP contribution in [0.1, 0.15) is 28.4 Å². The number of hydrogen-bond acceptors (Lipinski definition) is 5. The Morgan fingerprint density at radius 1 is 1.16 bits per heavy atom. The number of carbonyl (C=O) groups is 1. The van der Waals surface area contributed by atoms with E-state index in [9.17, 15) is 4.79 Å². The second-order valence-corrected chi connectivity index (χ2v) is 7.95. The van der Waals surface area contributed by atoms with Crippen LogP contribution in [0.3, 0.4) is 0 Å². The van der Waals surface area contributed by atoms with E-state index >= 15 is 0 Å². The highest BCUT2D eigenvalue weighted by Gasteiger charge is 2.25. The Balaban J connectivity index is 1.52. The number of aromatic nitrogens is 1. The molecule has 0 saturated carbocycles. The minimum absolute atomic E-state index is 0.295. The van der Waals surface area contributed by atoms with E-state index in [0.717, 1.165) is 42.1 Å². The van der Waals surface area contributed by atoms with Crippen LogP contribution in [0.25, 0.3) is 11.1 Å². The Labute approximate surface area is 182 Å². The second-order valence-electron chi connectivity index (χ2n) is 7.95. The van der Waals surface area contributed by atoms with Gasteiger partial charge in [-0.2, -0.15) is 5.26 Å². The van der Waals surface area contributed by atoms with Gasteiger partial charge in [-0.3, -0.25) is 4.79 Å². The number of nitriles is 1. The highest BCUT2D eigenvalue weighted by molar-refractivity contribution is 5.92. The molecule has 156 valence electrons. The Hall–Kier alpha value is -3.85. The van der Waals surface area contributed by atoms with Crippen LogP contribution in [0.2, 0.25) is 0 Å². The zero-order valence-corrected chi connectivity index (χ0v) is 17.7. The third-order valence-electron chi connectivity index (χ3n) is 5.83. The predicted octanol–water partition coefficient (Wildman–Crippen LogP) is 3.74. The number of piperazine rings is 1. The number of primary amides is 1. The van der Waals surface area contributed by atoms with Crippen LogP contribution < -0.4 is 15.5 Å². The molecule has 0 radical (unpaired) electrons. The molecular weight excluding hydrogens is 386 g/mol. The number of amides is 1. The summed E-state index contributed by atoms with van der Waals surface area (Å²) in [5, 5.41) is 9.12. The van der Waals surface area contributed by atoms with Crippen LogP contribution in [0, 0.1) is 18.3 Å². The molecule has 1 aliphatic heterocycles. The average Bonchev–Trinajstić information content (AvgIpc) is 2.79. The summed E-state index contributed by atoms with van der Waals surface area (Å²) in [5.74, 6) is 0.396. The molecule has 0 bridgehead atoms. The molecule has 0 unspecified atom stereocenters. The monoisotopic (exact) mass is 411 g/mol. The van der Waals surface area contributed by atoms with E-state index in [-0.39, 0.29) is 0 Å². The number of aryl methyl sites for hydroxylation is 1. The molecule has 4 rings (SSSR count). The van der Waals surface area contributed by atoms with Gasteiger partial charge in [0.1, 0.15) is 5.82 Å². The van der Waals surface area contributed by atoms with Crippen LogP contribution in [0.5, 0.6) is 0 Å². The largest absolute Gasteiger partial charge is 0.366 e. The molecule has 0 spiro atoms. The van der Waals surface area contributed by atoms with E-state index in [1.54, 1.807) is 6.07 Å². The maximum absolute atomic E-state index is 11.3. The van der Waals surface area contributed by atoms with Crippen molar-refractivity contribution in [3.05, 3.63) is 77.5 Å². The van der Waals surface area contributed by atoms with Crippen molar-refractivity contribution in [2.24, 2.45) is 5.73 Å². The van der Waals surface area contributed by atoms with Crippen molar-refractivity contribution in [1.82, 2.24) is 4.98 Å². The molecule has 1 fully saturated rings. The van der Waals surface area contributed by atoms with Gasteiger partial charge in [0.05, 0.1) is 17.2 Å². The van der Waals surface area contributed by atoms with Crippen molar-refractivity contribution >= 4 is 17.4 Å². The van der Waals surface area contributed by atoms with E-state index in [4.69, 9.17) is 11.0 Å². The molecular formula is C25H25N5O. The van der Waals surface area contributed by atoms with E-state index < -0.39 is 5.91 Å². The van der Waals surface area contributed by atoms with Gasteiger partial charge in [-0.1, -0.05) is 18.2 Å². The molecule has 1 aromatic heterocycles. The maximum Gasteiger partial charge on any atom is 0.250 e. The number of carbonyl (C=O) groups excluding carboxylic acids is 1. The smallest absolute Gasteiger partial charge is 0.250 e. The molecule has 2 heterocycles. The normalized spacial score (nSPS) is 16.1. The van der Waals surface area contributed by atoms with Crippen molar-refractivity contribution in [3.63, 3.8) is 0 Å². The first kappa shape index (κ1) is 20.4. The number of hydrogen-bond donors (Lipinski definition) is 1. The van der Waals surface area contributed by atoms with Crippen LogP contribution in [-0.2, 0) is 0 Å². The molecule has 2 aromatic carbocycles. The summed E-state index contributed by atoms with van der Waals surface area (Å²) < 4.78 is 0. The molecule has 6 heteroatoms. The van der Waals surface area contributed by atoms with Gasteiger partial charge in [0.2, 0.25) is 5.91 Å². The fourth-order valence-corrected chi connectivity index (χ4v) is 4.18. The van der Waals surface area contributed by atoms with Crippen LogP contribution in [-0.4, -0.2) is 36.6 Å². The summed E-state index contributed by atoms with van der Waals surface area (Å²) in [5.41, 5.74) is 11.0. The predicted molar refractivity (Wildman–Crippen MR) is 123 cm³/mol. The summed E-state index contributed by atoms with van der Waals surface area (Å²) >= 11 is 0. The summed E-state index contributed by atoms with van der Waals surface area (Å²) in [6.45, 7) is 6.80. The van der Waals surface area contributed by atoms with Gasteiger partial charge in [-0.25, -0.2) is 4.98 Å². The topological polar surface area (TPSA) is 86.3 Å². The van der Waals surface area contributed by atoms with Gasteiger partial charge < -0.3 is 15.5 Å². The Kier molecular flexibility index (Phi) is 5.59. The van der Waals surface area contributed by atoms with E-state index in [0.29, 0.717) is 17.2 Å². The molecule has 1 amide bonds. The van der Waals surface area contributed by atoms with Gasteiger partial charge in [0.15, 0.2) is 0 Å². The lowest BCUT2D eigenvalue weighted by atomic mass is 9.98. The second kappa shape index (κ2) is 8.49. The first-order chi connectivity index (χ1) is 15.0. The van der Waals surface area contributed by atoms with Crippen molar-refractivity contribution in [1.29, 1.82) is 5.26 Å². The molecule has 6 nitrogen and oxygen atoms in total. The fraction of sp³-hybridized carbons (Fsp3) is 0.240. The average molecular weight is 412 g/mol. The summed E-state index contributed by atoms with van der Waals surface area (Å²) in [6, 6.07) is 20.5. The van der Waals surface area contributed by atoms with Crippen molar-refractivity contribution in [3.8, 4) is 17.2 Å². The first-order valence-corrected chi connectivity index (χ1v) is 10.3. The number of anilines is 2. The van der Waals surface area contributed by atoms with E-state index in [1.807, 2.05) is 31.2 Å². The summed E-state index contributed by atoms with van der Waals surface area (Å²) in [7, 11) is 0. The van der Waals surface area contributed by atoms with E-state index in [1.165, 1.54) is 11.9 Å². The van der Waals surface area contributed by atoms with Crippen LogP contribution in [0.15, 0.2) is 60.8 Å².